The fraction of sp³-hybridized carbons (Fsp3) is 0.357. The van der Waals surface area contributed by atoms with Gasteiger partial charge in [-0.15, -0.1) is 0 Å². The maximum absolute atomic E-state index is 5.55. The molecule has 0 saturated carbocycles. The van der Waals surface area contributed by atoms with Gasteiger partial charge in [0.25, 0.3) is 0 Å². The van der Waals surface area contributed by atoms with Crippen molar-refractivity contribution in [3.63, 3.8) is 0 Å². The number of nitrogens with two attached hydrogens (primary N) is 1. The van der Waals surface area contributed by atoms with E-state index in [0.29, 0.717) is 5.95 Å². The second kappa shape index (κ2) is 5.58. The molecule has 0 aliphatic rings. The zero-order valence-corrected chi connectivity index (χ0v) is 10.9. The van der Waals surface area contributed by atoms with Crippen LogP contribution in [0.25, 0.3) is 0 Å². The number of ether oxygens (including phenoxy) is 1. The van der Waals surface area contributed by atoms with Gasteiger partial charge < -0.3 is 15.5 Å². The zero-order chi connectivity index (χ0) is 13.0. The van der Waals surface area contributed by atoms with E-state index in [1.807, 2.05) is 6.07 Å². The summed E-state index contributed by atoms with van der Waals surface area (Å²) in [6.45, 7) is 2.14. The minimum Gasteiger partial charge on any atom is -0.496 e. The number of aromatic amines is 1. The summed E-state index contributed by atoms with van der Waals surface area (Å²) in [5.74, 6) is 1.45. The molecule has 1 heterocycles. The molecular formula is C14H19N3O. The van der Waals surface area contributed by atoms with Crippen LogP contribution in [0.15, 0.2) is 24.4 Å². The molecule has 18 heavy (non-hydrogen) atoms. The Hall–Kier alpha value is -1.97. The molecule has 96 valence electrons. The maximum atomic E-state index is 5.55. The topological polar surface area (TPSA) is 63.9 Å². The predicted molar refractivity (Wildman–Crippen MR) is 72.8 cm³/mol. The molecular weight excluding hydrogens is 226 g/mol. The Kier molecular flexibility index (Phi) is 3.87. The minimum absolute atomic E-state index is 0.481. The summed E-state index contributed by atoms with van der Waals surface area (Å²) in [6.07, 6.45) is 4.66. The first-order valence-corrected chi connectivity index (χ1v) is 6.18. The average molecular weight is 245 g/mol. The van der Waals surface area contributed by atoms with Crippen LogP contribution in [0, 0.1) is 0 Å². The largest absolute Gasteiger partial charge is 0.496 e. The van der Waals surface area contributed by atoms with Crippen LogP contribution in [0.1, 0.15) is 23.7 Å². The van der Waals surface area contributed by atoms with Crippen LogP contribution in [0.4, 0.5) is 5.95 Å². The van der Waals surface area contributed by atoms with Gasteiger partial charge in [-0.05, 0) is 36.5 Å². The number of methoxy groups -OCH3 is 1. The number of rotatable bonds is 5. The van der Waals surface area contributed by atoms with E-state index >= 15 is 0 Å². The van der Waals surface area contributed by atoms with Crippen molar-refractivity contribution in [2.75, 3.05) is 12.8 Å². The SMILES string of the molecule is CCc1cc(CCc2cnc(N)[nH]2)ccc1OC. The molecule has 3 N–H and O–H groups in total. The lowest BCUT2D eigenvalue weighted by Crippen LogP contribution is -1.96. The van der Waals surface area contributed by atoms with Crippen molar-refractivity contribution in [1.82, 2.24) is 9.97 Å². The summed E-state index contributed by atoms with van der Waals surface area (Å²) in [5.41, 5.74) is 9.17. The summed E-state index contributed by atoms with van der Waals surface area (Å²) in [5, 5.41) is 0. The highest BCUT2D eigenvalue weighted by molar-refractivity contribution is 5.37. The van der Waals surface area contributed by atoms with Crippen LogP contribution in [0.2, 0.25) is 0 Å². The minimum atomic E-state index is 0.481. The molecule has 2 aromatic rings. The quantitative estimate of drug-likeness (QED) is 0.849. The van der Waals surface area contributed by atoms with Gasteiger partial charge in [0, 0.05) is 5.69 Å². The Morgan fingerprint density at radius 3 is 2.78 bits per heavy atom. The standard InChI is InChI=1S/C14H19N3O/c1-3-11-8-10(5-7-13(11)18-2)4-6-12-9-16-14(15)17-12/h5,7-9H,3-4,6H2,1-2H3,(H3,15,16,17). The van der Waals surface area contributed by atoms with Crippen molar-refractivity contribution in [2.24, 2.45) is 0 Å². The van der Waals surface area contributed by atoms with Gasteiger partial charge in [0.2, 0.25) is 0 Å². The lowest BCUT2D eigenvalue weighted by molar-refractivity contribution is 0.410. The molecule has 2 rings (SSSR count). The van der Waals surface area contributed by atoms with E-state index in [1.165, 1.54) is 11.1 Å². The van der Waals surface area contributed by atoms with Crippen LogP contribution in [0.5, 0.6) is 5.75 Å². The van der Waals surface area contributed by atoms with Crippen LogP contribution in [-0.2, 0) is 19.3 Å². The van der Waals surface area contributed by atoms with E-state index < -0.39 is 0 Å². The van der Waals surface area contributed by atoms with Gasteiger partial charge in [-0.2, -0.15) is 0 Å². The highest BCUT2D eigenvalue weighted by Crippen LogP contribution is 2.21. The molecule has 0 saturated heterocycles. The zero-order valence-electron chi connectivity index (χ0n) is 10.9. The molecule has 0 aliphatic carbocycles. The van der Waals surface area contributed by atoms with Crippen molar-refractivity contribution in [2.45, 2.75) is 26.2 Å². The molecule has 4 heteroatoms. The van der Waals surface area contributed by atoms with E-state index in [1.54, 1.807) is 13.3 Å². The lowest BCUT2D eigenvalue weighted by atomic mass is 10.0. The van der Waals surface area contributed by atoms with Crippen molar-refractivity contribution < 1.29 is 4.74 Å². The lowest BCUT2D eigenvalue weighted by Gasteiger charge is -2.08. The fourth-order valence-electron chi connectivity index (χ4n) is 2.05. The summed E-state index contributed by atoms with van der Waals surface area (Å²) >= 11 is 0. The Morgan fingerprint density at radius 1 is 1.33 bits per heavy atom. The number of nitrogens with one attached hydrogen (secondary N) is 1. The van der Waals surface area contributed by atoms with Crippen molar-refractivity contribution in [1.29, 1.82) is 0 Å². The normalized spacial score (nSPS) is 10.6. The van der Waals surface area contributed by atoms with E-state index in [2.05, 4.69) is 29.0 Å². The van der Waals surface area contributed by atoms with Gasteiger partial charge in [0.1, 0.15) is 5.75 Å². The van der Waals surface area contributed by atoms with Gasteiger partial charge in [-0.25, -0.2) is 4.98 Å². The Morgan fingerprint density at radius 2 is 2.17 bits per heavy atom. The smallest absolute Gasteiger partial charge is 0.197 e. The van der Waals surface area contributed by atoms with Gasteiger partial charge in [0.05, 0.1) is 13.3 Å². The molecule has 0 unspecified atom stereocenters. The van der Waals surface area contributed by atoms with Crippen LogP contribution < -0.4 is 10.5 Å². The summed E-state index contributed by atoms with van der Waals surface area (Å²) in [7, 11) is 1.71. The number of benzene rings is 1. The molecule has 0 fully saturated rings. The van der Waals surface area contributed by atoms with Gasteiger partial charge >= 0.3 is 0 Å². The van der Waals surface area contributed by atoms with Crippen molar-refractivity contribution >= 4 is 5.95 Å². The van der Waals surface area contributed by atoms with E-state index in [0.717, 1.165) is 30.7 Å². The van der Waals surface area contributed by atoms with Crippen LogP contribution in [0.3, 0.4) is 0 Å². The number of aromatic nitrogens is 2. The number of nitrogen functional groups attached to an aromatic ring is 1. The monoisotopic (exact) mass is 245 g/mol. The maximum Gasteiger partial charge on any atom is 0.197 e. The second-order valence-corrected chi connectivity index (χ2v) is 4.29. The number of imidazole rings is 1. The molecule has 0 bridgehead atoms. The fourth-order valence-corrected chi connectivity index (χ4v) is 2.05. The Labute approximate surface area is 107 Å². The van der Waals surface area contributed by atoms with Gasteiger partial charge in [0.15, 0.2) is 5.95 Å². The first-order valence-electron chi connectivity index (χ1n) is 6.18. The number of H-pyrrole nitrogens is 1. The molecule has 0 amide bonds. The number of aryl methyl sites for hydroxylation is 3. The van der Waals surface area contributed by atoms with Crippen LogP contribution in [-0.4, -0.2) is 17.1 Å². The first-order chi connectivity index (χ1) is 8.72. The van der Waals surface area contributed by atoms with Gasteiger partial charge in [-0.3, -0.25) is 0 Å². The Balaban J connectivity index is 2.05. The molecule has 0 spiro atoms. The number of hydrogen-bond donors (Lipinski definition) is 2. The molecule has 4 nitrogen and oxygen atoms in total. The third kappa shape index (κ3) is 2.83. The van der Waals surface area contributed by atoms with Crippen molar-refractivity contribution in [3.05, 3.63) is 41.2 Å². The Bertz CT molecular complexity index is 520. The van der Waals surface area contributed by atoms with Crippen molar-refractivity contribution in [3.8, 4) is 5.75 Å². The van der Waals surface area contributed by atoms with E-state index in [4.69, 9.17) is 10.5 Å². The number of nitrogens with zero attached hydrogens (tertiary/aromatic N) is 1. The predicted octanol–water partition coefficient (Wildman–Crippen LogP) is 2.35. The average Bonchev–Trinajstić information content (AvgIpc) is 2.81. The molecule has 0 radical (unpaired) electrons. The second-order valence-electron chi connectivity index (χ2n) is 4.29. The highest BCUT2D eigenvalue weighted by atomic mass is 16.5. The van der Waals surface area contributed by atoms with Gasteiger partial charge in [-0.1, -0.05) is 19.1 Å². The molecule has 1 aromatic heterocycles. The molecule has 0 atom stereocenters. The van der Waals surface area contributed by atoms with E-state index in [-0.39, 0.29) is 0 Å². The third-order valence-corrected chi connectivity index (χ3v) is 3.06. The third-order valence-electron chi connectivity index (χ3n) is 3.06. The molecule has 1 aromatic carbocycles. The molecule has 0 aliphatic heterocycles. The van der Waals surface area contributed by atoms with Crippen LogP contribution >= 0.6 is 0 Å². The van der Waals surface area contributed by atoms with E-state index in [9.17, 15) is 0 Å². The number of hydrogen-bond acceptors (Lipinski definition) is 3. The number of anilines is 1. The summed E-state index contributed by atoms with van der Waals surface area (Å²) in [4.78, 5) is 7.03. The summed E-state index contributed by atoms with van der Waals surface area (Å²) in [6, 6.07) is 6.35. The summed E-state index contributed by atoms with van der Waals surface area (Å²) < 4.78 is 5.32. The first kappa shape index (κ1) is 12.5. The highest BCUT2D eigenvalue weighted by Gasteiger charge is 2.04.